The Morgan fingerprint density at radius 3 is 2.23 bits per heavy atom. The van der Waals surface area contributed by atoms with Gasteiger partial charge in [-0.2, -0.15) is 0 Å². The summed E-state index contributed by atoms with van der Waals surface area (Å²) in [5.41, 5.74) is 5.68. The van der Waals surface area contributed by atoms with Gasteiger partial charge >= 0.3 is 0 Å². The average Bonchev–Trinajstić information content (AvgIpc) is 3.67. The van der Waals surface area contributed by atoms with E-state index in [2.05, 4.69) is 16.2 Å². The summed E-state index contributed by atoms with van der Waals surface area (Å²) in [6, 6.07) is 33.0. The number of rotatable bonds is 13. The van der Waals surface area contributed by atoms with Crippen molar-refractivity contribution in [3.05, 3.63) is 138 Å². The molecule has 0 unspecified atom stereocenters. The highest BCUT2D eigenvalue weighted by Gasteiger charge is 2.34. The number of nitrogens with zero attached hydrogens (tertiary/aromatic N) is 1. The van der Waals surface area contributed by atoms with E-state index >= 15 is 0 Å². The van der Waals surface area contributed by atoms with Gasteiger partial charge in [0.15, 0.2) is 6.29 Å². The van der Waals surface area contributed by atoms with Gasteiger partial charge in [-0.1, -0.05) is 110 Å². The van der Waals surface area contributed by atoms with Crippen LogP contribution in [0.4, 0.5) is 0 Å². The third-order valence-corrected chi connectivity index (χ3v) is 10.7. The number of aliphatic hydroxyl groups is 1. The molecule has 0 amide bonds. The predicted octanol–water partition coefficient (Wildman–Crippen LogP) is 7.30. The lowest BCUT2D eigenvalue weighted by Gasteiger charge is -2.39. The molecular weight excluding hydrogens is 609 g/mol. The number of sulfonamides is 1. The first-order chi connectivity index (χ1) is 22.9. The summed E-state index contributed by atoms with van der Waals surface area (Å²) in [6.07, 6.45) is 6.95. The Morgan fingerprint density at radius 2 is 1.53 bits per heavy atom. The number of hydrogen-bond donors (Lipinski definition) is 2. The van der Waals surface area contributed by atoms with E-state index in [0.717, 1.165) is 52.9 Å². The molecule has 1 aliphatic carbocycles. The molecule has 1 aliphatic heterocycles. The van der Waals surface area contributed by atoms with Crippen molar-refractivity contribution in [2.24, 2.45) is 0 Å². The Labute approximate surface area is 278 Å². The van der Waals surface area contributed by atoms with E-state index in [4.69, 9.17) is 9.47 Å². The highest BCUT2D eigenvalue weighted by atomic mass is 32.2. The molecule has 0 spiro atoms. The minimum atomic E-state index is -3.64. The van der Waals surface area contributed by atoms with E-state index in [1.54, 1.807) is 30.3 Å². The maximum Gasteiger partial charge on any atom is 0.240 e. The lowest BCUT2D eigenvalue weighted by atomic mass is 9.97. The molecule has 0 radical (unpaired) electrons. The normalized spacial score (nSPS) is 20.4. The zero-order valence-electron chi connectivity index (χ0n) is 26.7. The van der Waals surface area contributed by atoms with E-state index in [0.29, 0.717) is 6.04 Å². The molecular formula is C39H44N2O5S. The molecule has 3 atom stereocenters. The predicted molar refractivity (Wildman–Crippen MR) is 185 cm³/mol. The molecule has 4 aromatic rings. The fourth-order valence-corrected chi connectivity index (χ4v) is 7.76. The van der Waals surface area contributed by atoms with Gasteiger partial charge in [0.1, 0.15) is 0 Å². The molecule has 4 aromatic carbocycles. The summed E-state index contributed by atoms with van der Waals surface area (Å²) in [4.78, 5) is 2.76. The zero-order valence-corrected chi connectivity index (χ0v) is 27.5. The van der Waals surface area contributed by atoms with E-state index in [9.17, 15) is 13.5 Å². The van der Waals surface area contributed by atoms with E-state index in [1.807, 2.05) is 78.9 Å². The van der Waals surface area contributed by atoms with Gasteiger partial charge in [-0.3, -0.25) is 4.90 Å². The molecule has 246 valence electrons. The topological polar surface area (TPSA) is 88.1 Å². The third kappa shape index (κ3) is 8.27. The monoisotopic (exact) mass is 652 g/mol. The fourth-order valence-electron chi connectivity index (χ4n) is 6.73. The van der Waals surface area contributed by atoms with Crippen LogP contribution in [0.2, 0.25) is 0 Å². The van der Waals surface area contributed by atoms with Crippen LogP contribution in [0.1, 0.15) is 66.8 Å². The van der Waals surface area contributed by atoms with Crippen LogP contribution in [-0.4, -0.2) is 43.7 Å². The Morgan fingerprint density at radius 1 is 0.851 bits per heavy atom. The minimum absolute atomic E-state index is 0.00639. The van der Waals surface area contributed by atoms with Crippen molar-refractivity contribution in [2.75, 3.05) is 13.1 Å². The molecule has 47 heavy (non-hydrogen) atoms. The van der Waals surface area contributed by atoms with Gasteiger partial charge in [0.25, 0.3) is 0 Å². The Hall–Kier alpha value is -3.63. The molecule has 2 aliphatic rings. The Kier molecular flexibility index (Phi) is 11.0. The smallest absolute Gasteiger partial charge is 0.240 e. The van der Waals surface area contributed by atoms with E-state index in [1.165, 1.54) is 25.7 Å². The lowest BCUT2D eigenvalue weighted by Crippen LogP contribution is -2.43. The van der Waals surface area contributed by atoms with E-state index in [-0.39, 0.29) is 30.3 Å². The number of aliphatic hydroxyl groups excluding tert-OH is 1. The quantitative estimate of drug-likeness (QED) is 0.147. The molecule has 0 bridgehead atoms. The van der Waals surface area contributed by atoms with Crippen molar-refractivity contribution in [2.45, 2.75) is 74.7 Å². The highest BCUT2D eigenvalue weighted by Crippen LogP contribution is 2.39. The van der Waals surface area contributed by atoms with Crippen LogP contribution in [0.25, 0.3) is 11.1 Å². The second kappa shape index (κ2) is 15.5. The van der Waals surface area contributed by atoms with Crippen LogP contribution < -0.4 is 4.72 Å². The van der Waals surface area contributed by atoms with Crippen molar-refractivity contribution in [3.8, 4) is 11.1 Å². The SMILES string of the molecule is C=CCN(C[C@@H]1C[C@H](c2ccc(CO)cc2)O[C@H](c2ccc(-c3ccccc3CNS(=O)(=O)c3ccccc3)cc2)O1)C1CCCC1. The van der Waals surface area contributed by atoms with E-state index < -0.39 is 16.3 Å². The summed E-state index contributed by atoms with van der Waals surface area (Å²) in [7, 11) is -3.64. The maximum absolute atomic E-state index is 12.9. The van der Waals surface area contributed by atoms with Crippen LogP contribution in [0.15, 0.2) is 121 Å². The third-order valence-electron chi connectivity index (χ3n) is 9.28. The van der Waals surface area contributed by atoms with Gasteiger partial charge in [0, 0.05) is 37.7 Å². The maximum atomic E-state index is 12.9. The average molecular weight is 653 g/mol. The number of benzene rings is 4. The summed E-state index contributed by atoms with van der Waals surface area (Å²) < 4.78 is 41.8. The second-order valence-corrected chi connectivity index (χ2v) is 14.2. The molecule has 8 heteroatoms. The Balaban J connectivity index is 1.21. The number of ether oxygens (including phenoxy) is 2. The molecule has 2 N–H and O–H groups in total. The first-order valence-corrected chi connectivity index (χ1v) is 18.0. The van der Waals surface area contributed by atoms with Crippen LogP contribution in [0.5, 0.6) is 0 Å². The molecule has 6 rings (SSSR count). The van der Waals surface area contributed by atoms with Crippen LogP contribution in [0.3, 0.4) is 0 Å². The summed E-state index contributed by atoms with van der Waals surface area (Å²) in [5, 5.41) is 9.56. The number of hydrogen-bond acceptors (Lipinski definition) is 6. The fraction of sp³-hybridized carbons (Fsp3) is 0.333. The van der Waals surface area contributed by atoms with Crippen LogP contribution >= 0.6 is 0 Å². The first kappa shape index (κ1) is 33.3. The molecule has 7 nitrogen and oxygen atoms in total. The summed E-state index contributed by atoms with van der Waals surface area (Å²) >= 11 is 0. The molecule has 1 heterocycles. The van der Waals surface area contributed by atoms with Gasteiger partial charge in [-0.25, -0.2) is 13.1 Å². The molecule has 0 aromatic heterocycles. The number of nitrogens with one attached hydrogen (secondary N) is 1. The molecule has 1 saturated carbocycles. The standard InChI is InChI=1S/C39H44N2O5S/c1-2-24-41(34-11-7-8-12-34)27-35-25-38(31-18-16-29(28-42)17-19-31)46-39(45-35)32-22-20-30(21-23-32)37-15-9-6-10-33(37)26-40-47(43,44)36-13-4-3-5-14-36/h2-6,9-10,13-23,34-35,38-40,42H,1,7-8,11-12,24-28H2/t35-,38+,39+/m0/s1. The summed E-state index contributed by atoms with van der Waals surface area (Å²) in [6.45, 7) is 5.85. The van der Waals surface area contributed by atoms with Gasteiger partial charge in [0.2, 0.25) is 10.0 Å². The highest BCUT2D eigenvalue weighted by molar-refractivity contribution is 7.89. The van der Waals surface area contributed by atoms with Crippen molar-refractivity contribution >= 4 is 10.0 Å². The van der Waals surface area contributed by atoms with Gasteiger partial charge in [-0.05, 0) is 52.8 Å². The van der Waals surface area contributed by atoms with Crippen LogP contribution in [-0.2, 0) is 32.6 Å². The van der Waals surface area contributed by atoms with Crippen molar-refractivity contribution in [3.63, 3.8) is 0 Å². The van der Waals surface area contributed by atoms with Crippen molar-refractivity contribution in [1.29, 1.82) is 0 Å². The minimum Gasteiger partial charge on any atom is -0.392 e. The van der Waals surface area contributed by atoms with Crippen molar-refractivity contribution < 1.29 is 23.0 Å². The summed E-state index contributed by atoms with van der Waals surface area (Å²) in [5.74, 6) is 0. The lowest BCUT2D eigenvalue weighted by molar-refractivity contribution is -0.253. The largest absolute Gasteiger partial charge is 0.392 e. The zero-order chi connectivity index (χ0) is 32.6. The molecule has 2 fully saturated rings. The van der Waals surface area contributed by atoms with Gasteiger partial charge < -0.3 is 14.6 Å². The Bertz CT molecular complexity index is 1700. The van der Waals surface area contributed by atoms with Gasteiger partial charge in [-0.15, -0.1) is 6.58 Å². The van der Waals surface area contributed by atoms with Crippen molar-refractivity contribution in [1.82, 2.24) is 9.62 Å². The van der Waals surface area contributed by atoms with Gasteiger partial charge in [0.05, 0.1) is 23.7 Å². The second-order valence-electron chi connectivity index (χ2n) is 12.4. The van der Waals surface area contributed by atoms with Crippen LogP contribution in [0, 0.1) is 0 Å². The first-order valence-electron chi connectivity index (χ1n) is 16.5. The molecule has 1 saturated heterocycles.